The van der Waals surface area contributed by atoms with Gasteiger partial charge in [-0.1, -0.05) is 30.3 Å². The number of ether oxygens (including phenoxy) is 4. The van der Waals surface area contributed by atoms with Crippen LogP contribution in [0.2, 0.25) is 0 Å². The smallest absolute Gasteiger partial charge is 0.321 e. The number of nitrogens with zero attached hydrogens (tertiary/aromatic N) is 3. The van der Waals surface area contributed by atoms with Crippen LogP contribution in [0, 0.1) is 0 Å². The van der Waals surface area contributed by atoms with Crippen molar-refractivity contribution in [1.82, 2.24) is 15.0 Å². The molecule has 8 heteroatoms. The molecule has 3 rings (SSSR count). The van der Waals surface area contributed by atoms with Crippen molar-refractivity contribution in [3.63, 3.8) is 0 Å². The Morgan fingerprint density at radius 3 is 1.96 bits per heavy atom. The molecule has 1 heterocycles. The molecule has 0 saturated heterocycles. The number of benzene rings is 2. The van der Waals surface area contributed by atoms with E-state index in [1.165, 1.54) is 7.11 Å². The Kier molecular flexibility index (Phi) is 5.55. The zero-order valence-corrected chi connectivity index (χ0v) is 15.5. The third kappa shape index (κ3) is 4.00. The van der Waals surface area contributed by atoms with E-state index < -0.39 is 0 Å². The summed E-state index contributed by atoms with van der Waals surface area (Å²) in [7, 11) is 6.17. The molecule has 1 aromatic heterocycles. The van der Waals surface area contributed by atoms with Crippen LogP contribution in [0.15, 0.2) is 42.5 Å². The van der Waals surface area contributed by atoms with E-state index in [1.54, 1.807) is 33.5 Å². The normalized spacial score (nSPS) is 10.2. The van der Waals surface area contributed by atoms with E-state index in [-0.39, 0.29) is 6.01 Å². The van der Waals surface area contributed by atoms with Crippen LogP contribution in [0.5, 0.6) is 23.3 Å². The van der Waals surface area contributed by atoms with E-state index in [9.17, 15) is 0 Å². The Labute approximate surface area is 157 Å². The second kappa shape index (κ2) is 8.22. The maximum absolute atomic E-state index is 5.37. The average molecular weight is 368 g/mol. The summed E-state index contributed by atoms with van der Waals surface area (Å²) >= 11 is 0. The van der Waals surface area contributed by atoms with Gasteiger partial charge in [0.1, 0.15) is 0 Å². The summed E-state index contributed by atoms with van der Waals surface area (Å²) in [6.07, 6.45) is 0. The molecule has 1 N–H and O–H groups in total. The fourth-order valence-corrected chi connectivity index (χ4v) is 2.50. The molecule has 0 aliphatic rings. The van der Waals surface area contributed by atoms with Gasteiger partial charge >= 0.3 is 6.01 Å². The molecule has 0 atom stereocenters. The zero-order valence-electron chi connectivity index (χ0n) is 15.5. The average Bonchev–Trinajstić information content (AvgIpc) is 2.73. The predicted molar refractivity (Wildman–Crippen MR) is 101 cm³/mol. The largest absolute Gasteiger partial charge is 0.493 e. The lowest BCUT2D eigenvalue weighted by atomic mass is 10.2. The number of nitrogens with one attached hydrogen (secondary N) is 1. The van der Waals surface area contributed by atoms with Gasteiger partial charge in [0, 0.05) is 23.4 Å². The fourth-order valence-electron chi connectivity index (χ4n) is 2.50. The molecule has 0 spiro atoms. The lowest BCUT2D eigenvalue weighted by molar-refractivity contribution is 0.324. The number of methoxy groups -OCH3 is 4. The Morgan fingerprint density at radius 2 is 1.41 bits per heavy atom. The molecule has 27 heavy (non-hydrogen) atoms. The minimum absolute atomic E-state index is 0.207. The van der Waals surface area contributed by atoms with Gasteiger partial charge in [-0.2, -0.15) is 15.0 Å². The highest BCUT2D eigenvalue weighted by molar-refractivity contribution is 5.66. The topological polar surface area (TPSA) is 87.6 Å². The Hall–Kier alpha value is -3.55. The Bertz CT molecular complexity index is 894. The SMILES string of the molecule is COc1nc(Nc2cc(OC)c(OC)c(OC)c2)nc(-c2ccccc2)n1. The summed E-state index contributed by atoms with van der Waals surface area (Å²) in [5.74, 6) is 2.36. The molecular weight excluding hydrogens is 348 g/mol. The van der Waals surface area contributed by atoms with E-state index in [4.69, 9.17) is 18.9 Å². The highest BCUT2D eigenvalue weighted by Gasteiger charge is 2.15. The third-order valence-corrected chi connectivity index (χ3v) is 3.75. The first-order valence-corrected chi connectivity index (χ1v) is 8.11. The minimum atomic E-state index is 0.207. The van der Waals surface area contributed by atoms with Crippen molar-refractivity contribution in [1.29, 1.82) is 0 Å². The van der Waals surface area contributed by atoms with Crippen molar-refractivity contribution in [2.75, 3.05) is 33.8 Å². The molecule has 8 nitrogen and oxygen atoms in total. The Balaban J connectivity index is 2.00. The van der Waals surface area contributed by atoms with Gasteiger partial charge < -0.3 is 24.3 Å². The van der Waals surface area contributed by atoms with Crippen LogP contribution in [-0.2, 0) is 0 Å². The number of hydrogen-bond acceptors (Lipinski definition) is 8. The molecule has 0 unspecified atom stereocenters. The first-order valence-electron chi connectivity index (χ1n) is 8.11. The maximum atomic E-state index is 5.37. The summed E-state index contributed by atoms with van der Waals surface area (Å²) in [6, 6.07) is 13.3. The van der Waals surface area contributed by atoms with Crippen molar-refractivity contribution >= 4 is 11.6 Å². The molecule has 0 bridgehead atoms. The van der Waals surface area contributed by atoms with Crippen LogP contribution in [0.25, 0.3) is 11.4 Å². The molecule has 140 valence electrons. The summed E-state index contributed by atoms with van der Waals surface area (Å²) in [6.45, 7) is 0. The van der Waals surface area contributed by atoms with Gasteiger partial charge in [-0.3, -0.25) is 0 Å². The lowest BCUT2D eigenvalue weighted by Crippen LogP contribution is -2.04. The molecule has 0 fully saturated rings. The van der Waals surface area contributed by atoms with Gasteiger partial charge in [0.2, 0.25) is 11.7 Å². The molecular formula is C19H20N4O4. The second-order valence-electron chi connectivity index (χ2n) is 5.37. The van der Waals surface area contributed by atoms with E-state index in [0.29, 0.717) is 34.7 Å². The van der Waals surface area contributed by atoms with Gasteiger partial charge in [-0.25, -0.2) is 0 Å². The standard InChI is InChI=1S/C19H20N4O4/c1-24-14-10-13(11-15(25-2)16(14)26-3)20-18-21-17(22-19(23-18)27-4)12-8-6-5-7-9-12/h5-11H,1-4H3,(H,20,21,22,23). The van der Waals surface area contributed by atoms with Crippen LogP contribution in [0.3, 0.4) is 0 Å². The second-order valence-corrected chi connectivity index (χ2v) is 5.37. The minimum Gasteiger partial charge on any atom is -0.493 e. The molecule has 0 saturated carbocycles. The van der Waals surface area contributed by atoms with E-state index in [2.05, 4.69) is 20.3 Å². The molecule has 0 aliphatic heterocycles. The van der Waals surface area contributed by atoms with E-state index in [0.717, 1.165) is 5.56 Å². The molecule has 0 amide bonds. The van der Waals surface area contributed by atoms with Crippen LogP contribution < -0.4 is 24.3 Å². The van der Waals surface area contributed by atoms with Crippen molar-refractivity contribution in [3.8, 4) is 34.6 Å². The predicted octanol–water partition coefficient (Wildman–Crippen LogP) is 3.32. The van der Waals surface area contributed by atoms with Gasteiger partial charge in [0.25, 0.3) is 0 Å². The van der Waals surface area contributed by atoms with E-state index in [1.807, 2.05) is 30.3 Å². The van der Waals surface area contributed by atoms with Gasteiger partial charge in [-0.15, -0.1) is 0 Å². The highest BCUT2D eigenvalue weighted by Crippen LogP contribution is 2.40. The molecule has 3 aromatic rings. The monoisotopic (exact) mass is 368 g/mol. The first kappa shape index (κ1) is 18.2. The van der Waals surface area contributed by atoms with Gasteiger partial charge in [0.15, 0.2) is 17.3 Å². The quantitative estimate of drug-likeness (QED) is 0.679. The van der Waals surface area contributed by atoms with Crippen LogP contribution in [0.4, 0.5) is 11.6 Å². The van der Waals surface area contributed by atoms with Crippen molar-refractivity contribution in [2.24, 2.45) is 0 Å². The number of hydrogen-bond donors (Lipinski definition) is 1. The van der Waals surface area contributed by atoms with Gasteiger partial charge in [0.05, 0.1) is 28.4 Å². The Morgan fingerprint density at radius 1 is 0.741 bits per heavy atom. The number of aromatic nitrogens is 3. The number of anilines is 2. The third-order valence-electron chi connectivity index (χ3n) is 3.75. The van der Waals surface area contributed by atoms with Crippen LogP contribution >= 0.6 is 0 Å². The summed E-state index contributed by atoms with van der Waals surface area (Å²) in [5, 5.41) is 3.13. The summed E-state index contributed by atoms with van der Waals surface area (Å²) in [5.41, 5.74) is 1.52. The lowest BCUT2D eigenvalue weighted by Gasteiger charge is -2.15. The molecule has 0 aliphatic carbocycles. The summed E-state index contributed by atoms with van der Waals surface area (Å²) < 4.78 is 21.3. The zero-order chi connectivity index (χ0) is 19.2. The van der Waals surface area contributed by atoms with Gasteiger partial charge in [-0.05, 0) is 0 Å². The highest BCUT2D eigenvalue weighted by atomic mass is 16.5. The maximum Gasteiger partial charge on any atom is 0.321 e. The van der Waals surface area contributed by atoms with E-state index >= 15 is 0 Å². The summed E-state index contributed by atoms with van der Waals surface area (Å²) in [4.78, 5) is 13.0. The van der Waals surface area contributed by atoms with Crippen LogP contribution in [-0.4, -0.2) is 43.4 Å². The molecule has 2 aromatic carbocycles. The first-order chi connectivity index (χ1) is 13.2. The van der Waals surface area contributed by atoms with Crippen molar-refractivity contribution < 1.29 is 18.9 Å². The van der Waals surface area contributed by atoms with Crippen LogP contribution in [0.1, 0.15) is 0 Å². The number of rotatable bonds is 7. The van der Waals surface area contributed by atoms with Crippen molar-refractivity contribution in [2.45, 2.75) is 0 Å². The molecule has 0 radical (unpaired) electrons. The fraction of sp³-hybridized carbons (Fsp3) is 0.211. The van der Waals surface area contributed by atoms with Crippen molar-refractivity contribution in [3.05, 3.63) is 42.5 Å².